The van der Waals surface area contributed by atoms with Gasteiger partial charge >= 0.3 is 0 Å². The zero-order valence-corrected chi connectivity index (χ0v) is 15.3. The van der Waals surface area contributed by atoms with E-state index in [2.05, 4.69) is 68.7 Å². The molecule has 0 bridgehead atoms. The highest BCUT2D eigenvalue weighted by atomic mass is 15.2. The van der Waals surface area contributed by atoms with Crippen molar-refractivity contribution in [3.63, 3.8) is 0 Å². The highest BCUT2D eigenvalue weighted by Crippen LogP contribution is 2.25. The molecule has 1 heterocycles. The molecule has 124 valence electrons. The van der Waals surface area contributed by atoms with Crippen LogP contribution in [0.2, 0.25) is 0 Å². The maximum absolute atomic E-state index is 4.57. The van der Waals surface area contributed by atoms with Gasteiger partial charge in [-0.15, -0.1) is 0 Å². The second kappa shape index (κ2) is 9.60. The first-order valence-electron chi connectivity index (χ1n) is 8.75. The number of hydrogen-bond donors (Lipinski definition) is 0. The standard InChI is InChI=1S/C19H33N3/c1-7-10-11-18-16(5)20-14-21-19(18)22(6)17(9-3)13-12-15(4)8-2/h10-11,14-15,17H,7-9,12-13H2,1-6H3/b11-10-. The molecule has 1 rings (SSSR count). The quantitative estimate of drug-likeness (QED) is 0.624. The average molecular weight is 303 g/mol. The fourth-order valence-corrected chi connectivity index (χ4v) is 2.71. The lowest BCUT2D eigenvalue weighted by Crippen LogP contribution is -2.33. The van der Waals surface area contributed by atoms with Crippen molar-refractivity contribution in [2.45, 2.75) is 72.8 Å². The molecule has 0 N–H and O–H groups in total. The Morgan fingerprint density at radius 1 is 1.14 bits per heavy atom. The Labute approximate surface area is 136 Å². The van der Waals surface area contributed by atoms with E-state index in [1.807, 2.05) is 0 Å². The van der Waals surface area contributed by atoms with E-state index in [0.29, 0.717) is 6.04 Å². The van der Waals surface area contributed by atoms with Crippen LogP contribution in [0.1, 0.15) is 71.1 Å². The van der Waals surface area contributed by atoms with E-state index in [-0.39, 0.29) is 0 Å². The minimum atomic E-state index is 0.539. The number of aromatic nitrogens is 2. The molecule has 0 amide bonds. The molecule has 0 saturated carbocycles. The summed E-state index contributed by atoms with van der Waals surface area (Å²) in [6.07, 6.45) is 12.0. The molecule has 2 atom stereocenters. The summed E-state index contributed by atoms with van der Waals surface area (Å²) >= 11 is 0. The fraction of sp³-hybridized carbons (Fsp3) is 0.684. The lowest BCUT2D eigenvalue weighted by molar-refractivity contribution is 0.442. The van der Waals surface area contributed by atoms with E-state index >= 15 is 0 Å². The molecule has 0 aliphatic rings. The van der Waals surface area contributed by atoms with Gasteiger partial charge in [0.05, 0.1) is 5.69 Å². The third-order valence-electron chi connectivity index (χ3n) is 4.62. The summed E-state index contributed by atoms with van der Waals surface area (Å²) in [5, 5.41) is 0. The molecule has 0 fully saturated rings. The third-order valence-corrected chi connectivity index (χ3v) is 4.62. The summed E-state index contributed by atoms with van der Waals surface area (Å²) in [7, 11) is 2.18. The Morgan fingerprint density at radius 3 is 2.45 bits per heavy atom. The second-order valence-corrected chi connectivity index (χ2v) is 6.27. The minimum Gasteiger partial charge on any atom is -0.356 e. The molecule has 0 saturated heterocycles. The summed E-state index contributed by atoms with van der Waals surface area (Å²) in [6, 6.07) is 0.539. The van der Waals surface area contributed by atoms with E-state index in [4.69, 9.17) is 0 Å². The van der Waals surface area contributed by atoms with Crippen LogP contribution >= 0.6 is 0 Å². The molecule has 3 nitrogen and oxygen atoms in total. The molecule has 2 unspecified atom stereocenters. The summed E-state index contributed by atoms with van der Waals surface area (Å²) < 4.78 is 0. The van der Waals surface area contributed by atoms with Gasteiger partial charge in [0.1, 0.15) is 12.1 Å². The molecule has 0 aliphatic heterocycles. The van der Waals surface area contributed by atoms with Crippen molar-refractivity contribution in [1.29, 1.82) is 0 Å². The highest BCUT2D eigenvalue weighted by molar-refractivity contribution is 5.65. The number of nitrogens with zero attached hydrogens (tertiary/aromatic N) is 3. The van der Waals surface area contributed by atoms with E-state index in [0.717, 1.165) is 35.8 Å². The highest BCUT2D eigenvalue weighted by Gasteiger charge is 2.18. The zero-order chi connectivity index (χ0) is 16.5. The fourth-order valence-electron chi connectivity index (χ4n) is 2.71. The number of aryl methyl sites for hydroxylation is 1. The number of anilines is 1. The first-order chi connectivity index (χ1) is 10.5. The summed E-state index contributed by atoms with van der Waals surface area (Å²) in [5.74, 6) is 1.86. The minimum absolute atomic E-state index is 0.539. The van der Waals surface area contributed by atoms with Gasteiger partial charge in [0.25, 0.3) is 0 Å². The zero-order valence-electron chi connectivity index (χ0n) is 15.3. The first kappa shape index (κ1) is 18.7. The van der Waals surface area contributed by atoms with Gasteiger partial charge in [-0.05, 0) is 38.5 Å². The van der Waals surface area contributed by atoms with Gasteiger partial charge in [0.15, 0.2) is 0 Å². The summed E-state index contributed by atoms with van der Waals surface area (Å²) in [5.41, 5.74) is 2.21. The van der Waals surface area contributed by atoms with Crippen LogP contribution in [0.4, 0.5) is 5.82 Å². The van der Waals surface area contributed by atoms with Crippen molar-refractivity contribution in [3.8, 4) is 0 Å². The predicted octanol–water partition coefficient (Wildman–Crippen LogP) is 5.25. The molecule has 1 aromatic rings. The van der Waals surface area contributed by atoms with E-state index < -0.39 is 0 Å². The Kier molecular flexibility index (Phi) is 8.15. The van der Waals surface area contributed by atoms with Gasteiger partial charge < -0.3 is 4.90 Å². The SMILES string of the molecule is CC/C=C\c1c(C)ncnc1N(C)C(CC)CCC(C)CC. The van der Waals surface area contributed by atoms with E-state index in [1.54, 1.807) is 6.33 Å². The van der Waals surface area contributed by atoms with Gasteiger partial charge in [-0.2, -0.15) is 0 Å². The molecule has 3 heteroatoms. The molecule has 0 aliphatic carbocycles. The van der Waals surface area contributed by atoms with Crippen LogP contribution in [0.25, 0.3) is 6.08 Å². The van der Waals surface area contributed by atoms with Gasteiger partial charge in [-0.25, -0.2) is 9.97 Å². The van der Waals surface area contributed by atoms with Crippen molar-refractivity contribution in [3.05, 3.63) is 23.7 Å². The van der Waals surface area contributed by atoms with Gasteiger partial charge in [0, 0.05) is 18.7 Å². The normalized spacial score (nSPS) is 14.3. The van der Waals surface area contributed by atoms with Crippen molar-refractivity contribution in [2.24, 2.45) is 5.92 Å². The molecule has 1 aromatic heterocycles. The maximum Gasteiger partial charge on any atom is 0.139 e. The Hall–Kier alpha value is -1.38. The average Bonchev–Trinajstić information content (AvgIpc) is 2.53. The number of allylic oxidation sites excluding steroid dienone is 1. The maximum atomic E-state index is 4.57. The van der Waals surface area contributed by atoms with Crippen LogP contribution in [-0.4, -0.2) is 23.1 Å². The smallest absolute Gasteiger partial charge is 0.139 e. The van der Waals surface area contributed by atoms with Gasteiger partial charge in [-0.1, -0.05) is 46.3 Å². The van der Waals surface area contributed by atoms with Crippen LogP contribution in [0.5, 0.6) is 0 Å². The molecule has 0 spiro atoms. The van der Waals surface area contributed by atoms with Crippen LogP contribution in [0, 0.1) is 12.8 Å². The summed E-state index contributed by atoms with van der Waals surface area (Å²) in [6.45, 7) is 11.1. The third kappa shape index (κ3) is 5.11. The first-order valence-corrected chi connectivity index (χ1v) is 8.75. The topological polar surface area (TPSA) is 29.0 Å². The molecular formula is C19H33N3. The Morgan fingerprint density at radius 2 is 1.86 bits per heavy atom. The Balaban J connectivity index is 2.96. The largest absolute Gasteiger partial charge is 0.356 e. The van der Waals surface area contributed by atoms with Crippen LogP contribution < -0.4 is 4.90 Å². The lowest BCUT2D eigenvalue weighted by Gasteiger charge is -2.30. The van der Waals surface area contributed by atoms with Crippen LogP contribution in [0.15, 0.2) is 12.4 Å². The van der Waals surface area contributed by atoms with Crippen molar-refractivity contribution in [2.75, 3.05) is 11.9 Å². The predicted molar refractivity (Wildman–Crippen MR) is 97.3 cm³/mol. The van der Waals surface area contributed by atoms with E-state index in [9.17, 15) is 0 Å². The monoisotopic (exact) mass is 303 g/mol. The second-order valence-electron chi connectivity index (χ2n) is 6.27. The summed E-state index contributed by atoms with van der Waals surface area (Å²) in [4.78, 5) is 11.3. The Bertz CT molecular complexity index is 468. The van der Waals surface area contributed by atoms with Crippen molar-refractivity contribution in [1.82, 2.24) is 9.97 Å². The number of hydrogen-bond acceptors (Lipinski definition) is 3. The van der Waals surface area contributed by atoms with E-state index in [1.165, 1.54) is 19.3 Å². The van der Waals surface area contributed by atoms with Gasteiger partial charge in [0.2, 0.25) is 0 Å². The molecular weight excluding hydrogens is 270 g/mol. The van der Waals surface area contributed by atoms with Gasteiger partial charge in [-0.3, -0.25) is 0 Å². The van der Waals surface area contributed by atoms with Crippen LogP contribution in [-0.2, 0) is 0 Å². The molecule has 0 aromatic carbocycles. The van der Waals surface area contributed by atoms with Crippen molar-refractivity contribution < 1.29 is 0 Å². The lowest BCUT2D eigenvalue weighted by atomic mass is 9.97. The van der Waals surface area contributed by atoms with Crippen molar-refractivity contribution >= 4 is 11.9 Å². The molecule has 0 radical (unpaired) electrons. The number of rotatable bonds is 9. The molecule has 22 heavy (non-hydrogen) atoms. The van der Waals surface area contributed by atoms with Crippen LogP contribution in [0.3, 0.4) is 0 Å².